The molecule has 4 aromatic rings. The van der Waals surface area contributed by atoms with Crippen LogP contribution in [0.1, 0.15) is 44.9 Å². The quantitative estimate of drug-likeness (QED) is 0.267. The van der Waals surface area contributed by atoms with Gasteiger partial charge in [-0.05, 0) is 97.8 Å². The summed E-state index contributed by atoms with van der Waals surface area (Å²) in [6.45, 7) is 4.22. The summed E-state index contributed by atoms with van der Waals surface area (Å²) in [5, 5.41) is 23.6. The van der Waals surface area contributed by atoms with Crippen LogP contribution in [0.4, 0.5) is 5.82 Å². The first kappa shape index (κ1) is 29.4. The number of aliphatic hydroxyl groups is 1. The molecule has 0 spiro atoms. The second-order valence-corrected chi connectivity index (χ2v) is 13.7. The molecular weight excluding hydrogens is 580 g/mol. The number of amides is 1. The zero-order chi connectivity index (χ0) is 31.4. The standard InChI is InChI=1S/C36H42N6O4/c37-19-28(44)18-33(45)42-25-8-9-26(42)21-40(20-25)34-30-10-7-24(31-17-27(43)15-23-5-1-2-6-29(23)31)16-32(30)38-35(39-34)46-22-36-11-3-13-41(36)14-4-12-36/h1-2,5-7,10,15-17,25-26,28,43-44H,3-4,8-9,11-14,18-22,37H2/t25-,26+,28?. The topological polar surface area (TPSA) is 128 Å². The fourth-order valence-electron chi connectivity index (χ4n) is 8.63. The van der Waals surface area contributed by atoms with Gasteiger partial charge in [0.15, 0.2) is 0 Å². The molecule has 3 aromatic carbocycles. The Bertz CT molecular complexity index is 1770. The van der Waals surface area contributed by atoms with Gasteiger partial charge >= 0.3 is 6.01 Å². The minimum Gasteiger partial charge on any atom is -0.508 e. The lowest BCUT2D eigenvalue weighted by Crippen LogP contribution is -2.56. The third kappa shape index (κ3) is 5.12. The summed E-state index contributed by atoms with van der Waals surface area (Å²) in [6, 6.07) is 18.4. The van der Waals surface area contributed by atoms with Gasteiger partial charge in [-0.1, -0.05) is 30.3 Å². The maximum atomic E-state index is 13.2. The molecule has 0 radical (unpaired) electrons. The van der Waals surface area contributed by atoms with Crippen molar-refractivity contribution in [2.45, 2.75) is 68.7 Å². The Morgan fingerprint density at radius 3 is 2.52 bits per heavy atom. The number of fused-ring (bicyclic) bond motifs is 5. The number of aliphatic hydroxyl groups excluding tert-OH is 1. The van der Waals surface area contributed by atoms with Crippen molar-refractivity contribution in [3.63, 3.8) is 0 Å². The molecule has 46 heavy (non-hydrogen) atoms. The van der Waals surface area contributed by atoms with E-state index in [2.05, 4.69) is 34.1 Å². The number of carbonyl (C=O) groups excluding carboxylic acids is 1. The third-order valence-electron chi connectivity index (χ3n) is 10.8. The van der Waals surface area contributed by atoms with E-state index < -0.39 is 6.10 Å². The van der Waals surface area contributed by atoms with Crippen molar-refractivity contribution < 1.29 is 19.7 Å². The number of piperazine rings is 1. The summed E-state index contributed by atoms with van der Waals surface area (Å²) >= 11 is 0. The first-order chi connectivity index (χ1) is 22.4. The molecule has 4 saturated heterocycles. The first-order valence-electron chi connectivity index (χ1n) is 16.8. The Balaban J connectivity index is 1.17. The predicted molar refractivity (Wildman–Crippen MR) is 178 cm³/mol. The number of hydrogen-bond acceptors (Lipinski definition) is 9. The fraction of sp³-hybridized carbons (Fsp3) is 0.472. The lowest BCUT2D eigenvalue weighted by molar-refractivity contribution is -0.136. The van der Waals surface area contributed by atoms with Crippen LogP contribution in [0.3, 0.4) is 0 Å². The number of nitrogens with zero attached hydrogens (tertiary/aromatic N) is 5. The maximum Gasteiger partial charge on any atom is 0.319 e. The van der Waals surface area contributed by atoms with Gasteiger partial charge < -0.3 is 30.5 Å². The molecule has 1 amide bonds. The van der Waals surface area contributed by atoms with E-state index in [4.69, 9.17) is 20.4 Å². The zero-order valence-corrected chi connectivity index (χ0v) is 26.1. The minimum absolute atomic E-state index is 0.0263. The van der Waals surface area contributed by atoms with Gasteiger partial charge in [0.05, 0.1) is 23.6 Å². The fourth-order valence-corrected chi connectivity index (χ4v) is 8.63. The van der Waals surface area contributed by atoms with Crippen molar-refractivity contribution in [2.24, 2.45) is 5.73 Å². The van der Waals surface area contributed by atoms with Crippen LogP contribution in [-0.4, -0.2) is 98.9 Å². The zero-order valence-electron chi connectivity index (χ0n) is 26.1. The van der Waals surface area contributed by atoms with Gasteiger partial charge in [0.1, 0.15) is 18.2 Å². The van der Waals surface area contributed by atoms with Crippen LogP contribution in [0.2, 0.25) is 0 Å². The second kappa shape index (κ2) is 11.7. The molecule has 3 atom stereocenters. The van der Waals surface area contributed by atoms with Gasteiger partial charge in [0.2, 0.25) is 5.91 Å². The van der Waals surface area contributed by atoms with E-state index in [0.29, 0.717) is 25.7 Å². The Labute approximate surface area is 268 Å². The molecule has 8 rings (SSSR count). The van der Waals surface area contributed by atoms with Gasteiger partial charge in [-0.2, -0.15) is 9.97 Å². The highest BCUT2D eigenvalue weighted by Gasteiger charge is 2.46. The maximum absolute atomic E-state index is 13.2. The molecule has 2 bridgehead atoms. The van der Waals surface area contributed by atoms with Crippen LogP contribution in [0.15, 0.2) is 54.6 Å². The summed E-state index contributed by atoms with van der Waals surface area (Å²) in [6.07, 6.45) is 5.76. The van der Waals surface area contributed by atoms with E-state index in [1.807, 2.05) is 29.2 Å². The van der Waals surface area contributed by atoms with Crippen LogP contribution in [0.25, 0.3) is 32.8 Å². The normalized spacial score (nSPS) is 22.9. The number of benzene rings is 3. The minimum atomic E-state index is -0.816. The number of carbonyl (C=O) groups is 1. The van der Waals surface area contributed by atoms with E-state index in [0.717, 1.165) is 77.4 Å². The molecular formula is C36H42N6O4. The Morgan fingerprint density at radius 2 is 1.76 bits per heavy atom. The van der Waals surface area contributed by atoms with Gasteiger partial charge in [-0.3, -0.25) is 9.69 Å². The van der Waals surface area contributed by atoms with Gasteiger partial charge in [0.25, 0.3) is 0 Å². The molecule has 10 nitrogen and oxygen atoms in total. The van der Waals surface area contributed by atoms with Crippen LogP contribution < -0.4 is 15.4 Å². The molecule has 1 unspecified atom stereocenters. The summed E-state index contributed by atoms with van der Waals surface area (Å²) in [5.74, 6) is 1.02. The average Bonchev–Trinajstić information content (AvgIpc) is 3.73. The van der Waals surface area contributed by atoms with Crippen molar-refractivity contribution in [1.29, 1.82) is 0 Å². The Hall–Kier alpha value is -3.99. The molecule has 4 fully saturated rings. The average molecular weight is 623 g/mol. The van der Waals surface area contributed by atoms with E-state index in [9.17, 15) is 15.0 Å². The predicted octanol–water partition coefficient (Wildman–Crippen LogP) is 4.05. The van der Waals surface area contributed by atoms with E-state index in [1.54, 1.807) is 6.07 Å². The Kier molecular flexibility index (Phi) is 7.46. The first-order valence-corrected chi connectivity index (χ1v) is 16.8. The molecule has 240 valence electrons. The van der Waals surface area contributed by atoms with E-state index in [1.165, 1.54) is 12.8 Å². The summed E-state index contributed by atoms with van der Waals surface area (Å²) in [5.41, 5.74) is 8.36. The largest absolute Gasteiger partial charge is 0.508 e. The number of phenolic OH excluding ortho intramolecular Hbond substituents is 1. The highest BCUT2D eigenvalue weighted by Crippen LogP contribution is 2.41. The molecule has 0 saturated carbocycles. The highest BCUT2D eigenvalue weighted by atomic mass is 16.5. The molecule has 10 heteroatoms. The van der Waals surface area contributed by atoms with Crippen LogP contribution in [-0.2, 0) is 4.79 Å². The number of rotatable bonds is 8. The van der Waals surface area contributed by atoms with Gasteiger partial charge in [-0.25, -0.2) is 0 Å². The molecule has 4 N–H and O–H groups in total. The number of aromatic nitrogens is 2. The van der Waals surface area contributed by atoms with Crippen molar-refractivity contribution >= 4 is 33.4 Å². The van der Waals surface area contributed by atoms with Crippen molar-refractivity contribution in [1.82, 2.24) is 19.8 Å². The van der Waals surface area contributed by atoms with Gasteiger partial charge in [-0.15, -0.1) is 0 Å². The molecule has 0 aliphatic carbocycles. The van der Waals surface area contributed by atoms with Crippen LogP contribution >= 0.6 is 0 Å². The number of hydrogen-bond donors (Lipinski definition) is 3. The van der Waals surface area contributed by atoms with Crippen LogP contribution in [0.5, 0.6) is 11.8 Å². The SMILES string of the molecule is NCC(O)CC(=O)N1[C@@H]2CC[C@H]1CN(c1nc(OCC34CCCN3CCC4)nc3cc(-c4cc(O)cc5ccccc45)ccc13)C2. The second-order valence-electron chi connectivity index (χ2n) is 13.7. The highest BCUT2D eigenvalue weighted by molar-refractivity contribution is 6.01. The monoisotopic (exact) mass is 622 g/mol. The molecule has 4 aliphatic heterocycles. The molecule has 4 aliphatic rings. The van der Waals surface area contributed by atoms with Crippen LogP contribution in [0, 0.1) is 0 Å². The number of ether oxygens (including phenoxy) is 1. The molecule has 5 heterocycles. The lowest BCUT2D eigenvalue weighted by Gasteiger charge is -2.42. The van der Waals surface area contributed by atoms with E-state index in [-0.39, 0.29) is 42.2 Å². The Morgan fingerprint density at radius 1 is 1.00 bits per heavy atom. The smallest absolute Gasteiger partial charge is 0.319 e. The number of anilines is 1. The van der Waals surface area contributed by atoms with E-state index >= 15 is 0 Å². The van der Waals surface area contributed by atoms with Crippen molar-refractivity contribution in [3.05, 3.63) is 54.6 Å². The summed E-state index contributed by atoms with van der Waals surface area (Å²) < 4.78 is 6.52. The number of phenols is 1. The summed E-state index contributed by atoms with van der Waals surface area (Å²) in [4.78, 5) is 30.1. The summed E-state index contributed by atoms with van der Waals surface area (Å²) in [7, 11) is 0. The van der Waals surface area contributed by atoms with Crippen molar-refractivity contribution in [2.75, 3.05) is 44.2 Å². The van der Waals surface area contributed by atoms with Crippen molar-refractivity contribution in [3.8, 4) is 22.9 Å². The number of nitrogens with two attached hydrogens (primary N) is 1. The lowest BCUT2D eigenvalue weighted by atomic mass is 9.95. The number of aromatic hydroxyl groups is 1. The van der Waals surface area contributed by atoms with Gasteiger partial charge in [0, 0.05) is 37.1 Å². The third-order valence-corrected chi connectivity index (χ3v) is 10.8. The molecule has 1 aromatic heterocycles.